The Kier molecular flexibility index (Phi) is 3.89. The molecule has 1 atom stereocenters. The third kappa shape index (κ3) is 2.98. The smallest absolute Gasteiger partial charge is 0.281 e. The molecule has 0 bridgehead atoms. The number of likely N-dealkylation sites (tertiary alicyclic amines) is 1. The molecule has 3 N–H and O–H groups in total. The predicted molar refractivity (Wildman–Crippen MR) is 108 cm³/mol. The number of hydrogen-bond donors (Lipinski definition) is 2. The van der Waals surface area contributed by atoms with E-state index in [0.717, 1.165) is 5.56 Å². The summed E-state index contributed by atoms with van der Waals surface area (Å²) in [5.41, 5.74) is 8.90. The van der Waals surface area contributed by atoms with Crippen LogP contribution in [-0.2, 0) is 4.74 Å². The first kappa shape index (κ1) is 18.4. The molecule has 0 aliphatic carbocycles. The molecular weight excluding hydrogens is 408 g/mol. The normalized spacial score (nSPS) is 21.7. The van der Waals surface area contributed by atoms with Gasteiger partial charge in [-0.05, 0) is 12.1 Å². The Labute approximate surface area is 174 Å². The number of hydrogen-bond acceptors (Lipinski definition) is 8. The van der Waals surface area contributed by atoms with E-state index >= 15 is 0 Å². The lowest BCUT2D eigenvalue weighted by Crippen LogP contribution is -2.48. The molecule has 160 valence electrons. The summed E-state index contributed by atoms with van der Waals surface area (Å²) in [6.07, 6.45) is 5.17. The summed E-state index contributed by atoms with van der Waals surface area (Å²) in [6, 6.07) is 4.37. The summed E-state index contributed by atoms with van der Waals surface area (Å²) in [4.78, 5) is 10.6. The van der Waals surface area contributed by atoms with Gasteiger partial charge in [0.05, 0.1) is 37.7 Å². The molecule has 10 nitrogen and oxygen atoms in total. The van der Waals surface area contributed by atoms with Crippen LogP contribution in [0.4, 0.5) is 20.5 Å². The maximum atomic E-state index is 14.6. The van der Waals surface area contributed by atoms with Crippen LogP contribution in [0.5, 0.6) is 0 Å². The fourth-order valence-corrected chi connectivity index (χ4v) is 4.12. The molecule has 0 aromatic carbocycles. The summed E-state index contributed by atoms with van der Waals surface area (Å²) in [5, 5.41) is 11.3. The summed E-state index contributed by atoms with van der Waals surface area (Å²) in [5.74, 6) is -2.67. The number of ether oxygens (including phenoxy) is 1. The van der Waals surface area contributed by atoms with Crippen LogP contribution in [0.3, 0.4) is 0 Å². The van der Waals surface area contributed by atoms with Crippen molar-refractivity contribution in [1.29, 1.82) is 0 Å². The van der Waals surface area contributed by atoms with Gasteiger partial charge in [-0.25, -0.2) is 22.8 Å². The van der Waals surface area contributed by atoms with Crippen LogP contribution >= 0.6 is 0 Å². The first-order chi connectivity index (χ1) is 15.0. The average molecular weight is 427 g/mol. The first-order valence-electron chi connectivity index (χ1n) is 9.90. The van der Waals surface area contributed by atoms with E-state index in [1.807, 2.05) is 12.1 Å². The summed E-state index contributed by atoms with van der Waals surface area (Å²) >= 11 is 0. The topological polar surface area (TPSA) is 111 Å². The predicted octanol–water partition coefficient (Wildman–Crippen LogP) is 1.15. The second-order valence-electron chi connectivity index (χ2n) is 7.87. The standard InChI is InChI=1S/C19H19F2N9O/c20-19(21)10-28(11-8-31-9-11)7-14(19)25-18-26-17(22)16-12(2-5-30(16)27-18)13-3-6-29-15(24-13)1-4-23-29/h1-6,11,14H,7-10H2,(H3,22,25,26,27)/t14-/m1/s1. The highest BCUT2D eigenvalue weighted by Crippen LogP contribution is 2.33. The number of fused-ring (bicyclic) bond motifs is 2. The molecule has 2 aliphatic heterocycles. The van der Waals surface area contributed by atoms with E-state index in [4.69, 9.17) is 10.5 Å². The summed E-state index contributed by atoms with van der Waals surface area (Å²) in [6.45, 7) is 0.855. The van der Waals surface area contributed by atoms with Crippen LogP contribution in [0.25, 0.3) is 22.4 Å². The zero-order valence-corrected chi connectivity index (χ0v) is 16.3. The molecule has 31 heavy (non-hydrogen) atoms. The Morgan fingerprint density at radius 1 is 1.13 bits per heavy atom. The quantitative estimate of drug-likeness (QED) is 0.499. The van der Waals surface area contributed by atoms with Crippen LogP contribution in [0.15, 0.2) is 36.8 Å². The van der Waals surface area contributed by atoms with Crippen LogP contribution in [0, 0.1) is 0 Å². The van der Waals surface area contributed by atoms with Crippen LogP contribution in [0.2, 0.25) is 0 Å². The molecule has 4 aromatic rings. The van der Waals surface area contributed by atoms with Crippen molar-refractivity contribution in [2.75, 3.05) is 37.4 Å². The van der Waals surface area contributed by atoms with Gasteiger partial charge < -0.3 is 15.8 Å². The number of nitrogens with zero attached hydrogens (tertiary/aromatic N) is 7. The van der Waals surface area contributed by atoms with Gasteiger partial charge in [-0.15, -0.1) is 5.10 Å². The van der Waals surface area contributed by atoms with Gasteiger partial charge in [-0.2, -0.15) is 10.1 Å². The molecule has 6 heterocycles. The van der Waals surface area contributed by atoms with Crippen LogP contribution < -0.4 is 11.1 Å². The SMILES string of the molecule is Nc1nc(N[C@@H]2CN(C3COC3)CC2(F)F)nn2ccc(-c3ccn4nccc4n3)c12. The molecule has 2 fully saturated rings. The van der Waals surface area contributed by atoms with E-state index in [0.29, 0.717) is 30.1 Å². The third-order valence-electron chi connectivity index (χ3n) is 5.85. The van der Waals surface area contributed by atoms with Crippen molar-refractivity contribution in [2.24, 2.45) is 0 Å². The number of alkyl halides is 2. The molecular formula is C19H19F2N9O. The molecule has 6 rings (SSSR count). The van der Waals surface area contributed by atoms with Crippen molar-refractivity contribution >= 4 is 22.9 Å². The van der Waals surface area contributed by atoms with Crippen molar-refractivity contribution < 1.29 is 13.5 Å². The van der Waals surface area contributed by atoms with Gasteiger partial charge in [0.2, 0.25) is 5.95 Å². The second-order valence-corrected chi connectivity index (χ2v) is 7.87. The minimum absolute atomic E-state index is 0.0405. The molecule has 0 saturated carbocycles. The Bertz CT molecular complexity index is 1280. The fourth-order valence-electron chi connectivity index (χ4n) is 4.12. The lowest BCUT2D eigenvalue weighted by molar-refractivity contribution is -0.0711. The van der Waals surface area contributed by atoms with E-state index in [1.54, 1.807) is 34.1 Å². The number of rotatable bonds is 4. The molecule has 0 unspecified atom stereocenters. The monoisotopic (exact) mass is 427 g/mol. The summed E-state index contributed by atoms with van der Waals surface area (Å²) in [7, 11) is 0. The Balaban J connectivity index is 1.31. The van der Waals surface area contributed by atoms with Crippen molar-refractivity contribution in [3.05, 3.63) is 36.8 Å². The van der Waals surface area contributed by atoms with Gasteiger partial charge in [-0.1, -0.05) is 0 Å². The zero-order valence-electron chi connectivity index (χ0n) is 16.3. The zero-order chi connectivity index (χ0) is 21.2. The van der Waals surface area contributed by atoms with Crippen molar-refractivity contribution in [2.45, 2.75) is 18.0 Å². The number of anilines is 2. The Morgan fingerprint density at radius 2 is 1.97 bits per heavy atom. The number of aromatic nitrogens is 6. The maximum absolute atomic E-state index is 14.6. The van der Waals surface area contributed by atoms with E-state index < -0.39 is 12.0 Å². The third-order valence-corrected chi connectivity index (χ3v) is 5.85. The second kappa shape index (κ2) is 6.56. The Morgan fingerprint density at radius 3 is 2.77 bits per heavy atom. The van der Waals surface area contributed by atoms with Gasteiger partial charge in [0, 0.05) is 30.6 Å². The molecule has 12 heteroatoms. The van der Waals surface area contributed by atoms with E-state index in [-0.39, 0.29) is 30.9 Å². The highest BCUT2D eigenvalue weighted by atomic mass is 19.3. The van der Waals surface area contributed by atoms with Crippen molar-refractivity contribution in [3.8, 4) is 11.3 Å². The van der Waals surface area contributed by atoms with E-state index in [2.05, 4.69) is 25.5 Å². The molecule has 4 aromatic heterocycles. The number of halogens is 2. The van der Waals surface area contributed by atoms with Gasteiger partial charge in [0.1, 0.15) is 11.6 Å². The molecule has 0 amide bonds. The van der Waals surface area contributed by atoms with Crippen LogP contribution in [0.1, 0.15) is 0 Å². The largest absolute Gasteiger partial charge is 0.382 e. The lowest BCUT2D eigenvalue weighted by atomic mass is 10.2. The number of nitrogen functional groups attached to an aromatic ring is 1. The van der Waals surface area contributed by atoms with Gasteiger partial charge >= 0.3 is 0 Å². The van der Waals surface area contributed by atoms with Crippen molar-refractivity contribution in [1.82, 2.24) is 34.1 Å². The average Bonchev–Trinajstić information content (AvgIpc) is 3.37. The maximum Gasteiger partial charge on any atom is 0.281 e. The minimum Gasteiger partial charge on any atom is -0.382 e. The first-order valence-corrected chi connectivity index (χ1v) is 9.90. The molecule has 2 saturated heterocycles. The molecule has 0 spiro atoms. The molecule has 2 aliphatic rings. The van der Waals surface area contributed by atoms with Crippen LogP contribution in [-0.4, -0.2) is 78.4 Å². The van der Waals surface area contributed by atoms with Gasteiger partial charge in [0.25, 0.3) is 5.92 Å². The molecule has 0 radical (unpaired) electrons. The number of nitrogens with two attached hydrogens (primary N) is 1. The number of nitrogens with one attached hydrogen (secondary N) is 1. The highest BCUT2D eigenvalue weighted by Gasteiger charge is 2.51. The highest BCUT2D eigenvalue weighted by molar-refractivity contribution is 5.86. The fraction of sp³-hybridized carbons (Fsp3) is 0.368. The van der Waals surface area contributed by atoms with Gasteiger partial charge in [0.15, 0.2) is 11.5 Å². The minimum atomic E-state index is -2.91. The van der Waals surface area contributed by atoms with E-state index in [9.17, 15) is 8.78 Å². The lowest BCUT2D eigenvalue weighted by Gasteiger charge is -2.34. The summed E-state index contributed by atoms with van der Waals surface area (Å²) < 4.78 is 37.4. The Hall–Kier alpha value is -3.38. The van der Waals surface area contributed by atoms with E-state index in [1.165, 1.54) is 4.52 Å². The van der Waals surface area contributed by atoms with Gasteiger partial charge in [-0.3, -0.25) is 4.90 Å². The van der Waals surface area contributed by atoms with Crippen molar-refractivity contribution in [3.63, 3.8) is 0 Å².